The molecule has 0 N–H and O–H groups in total. The summed E-state index contributed by atoms with van der Waals surface area (Å²) in [4.78, 5) is 5.85. The summed E-state index contributed by atoms with van der Waals surface area (Å²) in [6.07, 6.45) is 3.79. The van der Waals surface area contributed by atoms with Crippen LogP contribution in [0.2, 0.25) is 0 Å². The molecule has 16 heavy (non-hydrogen) atoms. The Kier molecular flexibility index (Phi) is 4.69. The Morgan fingerprint density at radius 3 is 2.75 bits per heavy atom. The molecule has 1 aromatic heterocycles. The lowest BCUT2D eigenvalue weighted by molar-refractivity contribution is -0.0283. The second-order valence-corrected chi connectivity index (χ2v) is 5.79. The minimum Gasteiger partial charge on any atom is -0.369 e. The summed E-state index contributed by atoms with van der Waals surface area (Å²) in [6, 6.07) is 0. The molecule has 0 aliphatic carbocycles. The second-order valence-electron chi connectivity index (χ2n) is 4.50. The molecule has 0 bridgehead atoms. The van der Waals surface area contributed by atoms with E-state index in [1.165, 1.54) is 4.88 Å². The number of hydrogen-bond acceptors (Lipinski definition) is 3. The molecule has 0 radical (unpaired) electrons. The predicted molar refractivity (Wildman–Crippen MR) is 69.9 cm³/mol. The van der Waals surface area contributed by atoms with Gasteiger partial charge in [0.25, 0.3) is 0 Å². The number of aromatic nitrogens is 1. The van der Waals surface area contributed by atoms with Gasteiger partial charge in [0, 0.05) is 4.88 Å². The molecule has 0 aliphatic rings. The van der Waals surface area contributed by atoms with Crippen molar-refractivity contribution in [1.82, 2.24) is 4.98 Å². The van der Waals surface area contributed by atoms with Crippen LogP contribution in [0.15, 0.2) is 12.7 Å². The van der Waals surface area contributed by atoms with Gasteiger partial charge in [-0.1, -0.05) is 13.0 Å². The van der Waals surface area contributed by atoms with E-state index < -0.39 is 0 Å². The Balaban J connectivity index is 2.63. The van der Waals surface area contributed by atoms with E-state index in [4.69, 9.17) is 4.74 Å². The third-order valence-corrected chi connectivity index (χ3v) is 3.60. The summed E-state index contributed by atoms with van der Waals surface area (Å²) in [5.41, 5.74) is 0.951. The maximum atomic E-state index is 5.88. The van der Waals surface area contributed by atoms with Gasteiger partial charge in [-0.2, -0.15) is 0 Å². The molecule has 0 aromatic carbocycles. The zero-order chi connectivity index (χ0) is 12.2. The molecule has 3 heteroatoms. The van der Waals surface area contributed by atoms with Crippen molar-refractivity contribution in [3.63, 3.8) is 0 Å². The molecule has 1 heterocycles. The van der Waals surface area contributed by atoms with Crippen LogP contribution in [0.1, 0.15) is 42.8 Å². The van der Waals surface area contributed by atoms with Crippen molar-refractivity contribution >= 4 is 11.3 Å². The van der Waals surface area contributed by atoms with Gasteiger partial charge in [0.05, 0.1) is 22.9 Å². The van der Waals surface area contributed by atoms with Crippen LogP contribution in [-0.2, 0) is 17.8 Å². The fourth-order valence-corrected chi connectivity index (χ4v) is 2.45. The van der Waals surface area contributed by atoms with E-state index in [-0.39, 0.29) is 5.60 Å². The van der Waals surface area contributed by atoms with E-state index in [1.54, 1.807) is 11.3 Å². The van der Waals surface area contributed by atoms with E-state index in [9.17, 15) is 0 Å². The van der Waals surface area contributed by atoms with Crippen LogP contribution >= 0.6 is 11.3 Å². The van der Waals surface area contributed by atoms with Gasteiger partial charge in [-0.3, -0.25) is 0 Å². The monoisotopic (exact) mass is 239 g/mol. The van der Waals surface area contributed by atoms with Crippen molar-refractivity contribution in [2.24, 2.45) is 0 Å². The first kappa shape index (κ1) is 13.4. The molecule has 1 aromatic rings. The predicted octanol–water partition coefficient (Wildman–Crippen LogP) is 3.89. The quantitative estimate of drug-likeness (QED) is 0.703. The highest BCUT2D eigenvalue weighted by atomic mass is 32.1. The number of nitrogens with zero attached hydrogens (tertiary/aromatic N) is 1. The van der Waals surface area contributed by atoms with Crippen molar-refractivity contribution in [1.29, 1.82) is 0 Å². The van der Waals surface area contributed by atoms with Gasteiger partial charge in [0.15, 0.2) is 0 Å². The van der Waals surface area contributed by atoms with Gasteiger partial charge < -0.3 is 4.74 Å². The molecule has 0 fully saturated rings. The second kappa shape index (κ2) is 5.60. The first-order chi connectivity index (χ1) is 7.48. The smallest absolute Gasteiger partial charge is 0.0906 e. The van der Waals surface area contributed by atoms with Crippen molar-refractivity contribution in [2.75, 3.05) is 0 Å². The zero-order valence-electron chi connectivity index (χ0n) is 10.7. The van der Waals surface area contributed by atoms with E-state index in [2.05, 4.69) is 32.3 Å². The Hall–Kier alpha value is -0.670. The lowest BCUT2D eigenvalue weighted by atomic mass is 10.1. The lowest BCUT2D eigenvalue weighted by Crippen LogP contribution is -2.23. The minimum absolute atomic E-state index is 0.149. The van der Waals surface area contributed by atoms with Crippen LogP contribution in [-0.4, -0.2) is 10.6 Å². The summed E-state index contributed by atoms with van der Waals surface area (Å²) in [6.45, 7) is 12.7. The lowest BCUT2D eigenvalue weighted by Gasteiger charge is -2.23. The van der Waals surface area contributed by atoms with E-state index in [0.717, 1.165) is 23.5 Å². The third kappa shape index (κ3) is 3.72. The molecule has 0 aliphatic heterocycles. The van der Waals surface area contributed by atoms with Gasteiger partial charge >= 0.3 is 0 Å². The van der Waals surface area contributed by atoms with Gasteiger partial charge in [-0.25, -0.2) is 4.98 Å². The minimum atomic E-state index is -0.149. The maximum Gasteiger partial charge on any atom is 0.0906 e. The molecule has 0 amide bonds. The highest BCUT2D eigenvalue weighted by molar-refractivity contribution is 7.11. The summed E-state index contributed by atoms with van der Waals surface area (Å²) >= 11 is 1.77. The van der Waals surface area contributed by atoms with E-state index >= 15 is 0 Å². The first-order valence-corrected chi connectivity index (χ1v) is 6.50. The third-order valence-electron chi connectivity index (χ3n) is 2.44. The van der Waals surface area contributed by atoms with Crippen LogP contribution in [0.3, 0.4) is 0 Å². The van der Waals surface area contributed by atoms with Crippen LogP contribution in [0, 0.1) is 6.92 Å². The molecule has 0 spiro atoms. The van der Waals surface area contributed by atoms with Crippen molar-refractivity contribution < 1.29 is 4.74 Å². The van der Waals surface area contributed by atoms with Crippen LogP contribution in [0.25, 0.3) is 0 Å². The number of hydrogen-bond donors (Lipinski definition) is 0. The van der Waals surface area contributed by atoms with E-state index in [1.807, 2.05) is 13.0 Å². The van der Waals surface area contributed by atoms with Gasteiger partial charge in [0.2, 0.25) is 0 Å². The topological polar surface area (TPSA) is 22.1 Å². The largest absolute Gasteiger partial charge is 0.369 e. The van der Waals surface area contributed by atoms with Crippen LogP contribution in [0.5, 0.6) is 0 Å². The Labute approximate surface area is 102 Å². The number of thiazole rings is 1. The molecular weight excluding hydrogens is 218 g/mol. The Morgan fingerprint density at radius 2 is 2.19 bits per heavy atom. The molecule has 0 saturated heterocycles. The zero-order valence-corrected chi connectivity index (χ0v) is 11.5. The number of aryl methyl sites for hydroxylation is 2. The maximum absolute atomic E-state index is 5.88. The Bertz CT molecular complexity index is 355. The molecule has 2 nitrogen and oxygen atoms in total. The molecule has 0 atom stereocenters. The summed E-state index contributed by atoms with van der Waals surface area (Å²) in [5.74, 6) is 0. The first-order valence-electron chi connectivity index (χ1n) is 5.68. The SMILES string of the molecule is C=CCC(C)(C)OCc1nc(C)sc1CC. The molecule has 0 saturated carbocycles. The highest BCUT2D eigenvalue weighted by Crippen LogP contribution is 2.22. The van der Waals surface area contributed by atoms with Gasteiger partial charge in [-0.15, -0.1) is 17.9 Å². The Morgan fingerprint density at radius 1 is 1.50 bits per heavy atom. The van der Waals surface area contributed by atoms with Crippen molar-refractivity contribution in [3.05, 3.63) is 28.2 Å². The van der Waals surface area contributed by atoms with Crippen LogP contribution in [0.4, 0.5) is 0 Å². The van der Waals surface area contributed by atoms with Gasteiger partial charge in [0.1, 0.15) is 0 Å². The molecular formula is C13H21NOS. The fourth-order valence-electron chi connectivity index (χ4n) is 1.57. The molecule has 0 unspecified atom stereocenters. The average molecular weight is 239 g/mol. The highest BCUT2D eigenvalue weighted by Gasteiger charge is 2.18. The molecule has 1 rings (SSSR count). The van der Waals surface area contributed by atoms with Crippen molar-refractivity contribution in [2.45, 2.75) is 52.7 Å². The standard InChI is InChI=1S/C13H21NOS/c1-6-8-13(4,5)15-9-11-12(7-2)16-10(3)14-11/h6H,1,7-9H2,2-5H3. The summed E-state index contributed by atoms with van der Waals surface area (Å²) < 4.78 is 5.88. The van der Waals surface area contributed by atoms with Gasteiger partial charge in [-0.05, 0) is 33.6 Å². The number of rotatable bonds is 6. The summed E-state index contributed by atoms with van der Waals surface area (Å²) in [7, 11) is 0. The van der Waals surface area contributed by atoms with Crippen LogP contribution < -0.4 is 0 Å². The summed E-state index contributed by atoms with van der Waals surface area (Å²) in [5, 5.41) is 1.12. The molecule has 90 valence electrons. The number of ether oxygens (including phenoxy) is 1. The fraction of sp³-hybridized carbons (Fsp3) is 0.615. The van der Waals surface area contributed by atoms with E-state index in [0.29, 0.717) is 6.61 Å². The average Bonchev–Trinajstić information content (AvgIpc) is 2.56. The van der Waals surface area contributed by atoms with Crippen molar-refractivity contribution in [3.8, 4) is 0 Å². The normalized spacial score (nSPS) is 11.8.